The Morgan fingerprint density at radius 3 is 2.67 bits per heavy atom. The quantitative estimate of drug-likeness (QED) is 0.174. The van der Waals surface area contributed by atoms with Gasteiger partial charge in [0.05, 0.1) is 29.9 Å². The molecule has 3 atom stereocenters. The summed E-state index contributed by atoms with van der Waals surface area (Å²) in [5.74, 6) is 0.215. The Kier molecular flexibility index (Phi) is 11.2. The van der Waals surface area contributed by atoms with Crippen molar-refractivity contribution in [3.63, 3.8) is 0 Å². The highest BCUT2D eigenvalue weighted by atomic mass is 127. The van der Waals surface area contributed by atoms with Crippen molar-refractivity contribution in [2.75, 3.05) is 26.8 Å². The summed E-state index contributed by atoms with van der Waals surface area (Å²) < 4.78 is 12.5. The first kappa shape index (κ1) is 31.8. The van der Waals surface area contributed by atoms with Crippen LogP contribution >= 0.6 is 22.6 Å². The van der Waals surface area contributed by atoms with E-state index < -0.39 is 24.2 Å². The zero-order valence-electron chi connectivity index (χ0n) is 23.8. The van der Waals surface area contributed by atoms with Crippen LogP contribution in [0.1, 0.15) is 37.4 Å². The highest BCUT2D eigenvalue weighted by Crippen LogP contribution is 2.37. The maximum absolute atomic E-state index is 13.5. The van der Waals surface area contributed by atoms with E-state index in [4.69, 9.17) is 9.47 Å². The maximum Gasteiger partial charge on any atom is 0.247 e. The molecule has 4 rings (SSSR count). The molecule has 1 aliphatic carbocycles. The molecule has 0 saturated heterocycles. The maximum atomic E-state index is 13.5. The van der Waals surface area contributed by atoms with Crippen LogP contribution in [0.4, 0.5) is 0 Å². The highest BCUT2D eigenvalue weighted by Gasteiger charge is 2.40. The van der Waals surface area contributed by atoms with Gasteiger partial charge in [-0.1, -0.05) is 25.1 Å². The second kappa shape index (κ2) is 14.9. The summed E-state index contributed by atoms with van der Waals surface area (Å²) in [6.07, 6.45) is 1.03. The first-order chi connectivity index (χ1) is 20.3. The van der Waals surface area contributed by atoms with Crippen molar-refractivity contribution in [3.8, 4) is 11.5 Å². The van der Waals surface area contributed by atoms with E-state index in [1.807, 2.05) is 31.2 Å². The molecule has 42 heavy (non-hydrogen) atoms. The lowest BCUT2D eigenvalue weighted by atomic mass is 9.87. The molecule has 0 saturated carbocycles. The minimum Gasteiger partial charge on any atom is -0.493 e. The summed E-state index contributed by atoms with van der Waals surface area (Å²) in [6.45, 7) is 1.93. The molecular weight excluding hydrogens is 653 g/mol. The van der Waals surface area contributed by atoms with E-state index in [9.17, 15) is 24.9 Å². The Bertz CT molecular complexity index is 1390. The molecule has 0 radical (unpaired) electrons. The number of carbonyl (C=O) groups excluding carboxylic acids is 2. The van der Waals surface area contributed by atoms with E-state index in [2.05, 4.69) is 39.0 Å². The van der Waals surface area contributed by atoms with Crippen molar-refractivity contribution >= 4 is 45.3 Å². The smallest absolute Gasteiger partial charge is 0.247 e. The van der Waals surface area contributed by atoms with Crippen LogP contribution in [-0.2, 0) is 22.6 Å². The molecule has 0 unspecified atom stereocenters. The fraction of sp³-hybridized carbons (Fsp3) is 0.419. The Balaban J connectivity index is 1.67. The molecule has 1 heterocycles. The fourth-order valence-corrected chi connectivity index (χ4v) is 6.03. The van der Waals surface area contributed by atoms with Gasteiger partial charge in [-0.15, -0.1) is 0 Å². The molecule has 0 bridgehead atoms. The van der Waals surface area contributed by atoms with Crippen LogP contribution in [0.5, 0.6) is 11.5 Å². The number of nitrogens with zero attached hydrogens (tertiary/aromatic N) is 1. The number of halogens is 1. The minimum absolute atomic E-state index is 0.0716. The van der Waals surface area contributed by atoms with Crippen LogP contribution in [0.25, 0.3) is 10.9 Å². The molecule has 2 amide bonds. The molecule has 2 aromatic carbocycles. The Morgan fingerprint density at radius 1 is 1.19 bits per heavy atom. The lowest BCUT2D eigenvalue weighted by Crippen LogP contribution is -2.55. The number of hydrogen-bond donors (Lipinski definition) is 5. The first-order valence-electron chi connectivity index (χ1n) is 14.1. The number of amides is 2. The van der Waals surface area contributed by atoms with Crippen molar-refractivity contribution in [1.82, 2.24) is 15.2 Å². The van der Waals surface area contributed by atoms with Crippen LogP contribution < -0.4 is 14.8 Å². The average Bonchev–Trinajstić information content (AvgIpc) is 3.41. The third-order valence-corrected chi connectivity index (χ3v) is 8.13. The van der Waals surface area contributed by atoms with E-state index in [1.54, 1.807) is 23.1 Å². The molecule has 0 aliphatic heterocycles. The molecule has 0 spiro atoms. The number of aromatic amines is 1. The number of aliphatic hydroxyl groups excluding tert-OH is 3. The number of fused-ring (bicyclic) bond motifs is 1. The van der Waals surface area contributed by atoms with Gasteiger partial charge >= 0.3 is 0 Å². The third-order valence-electron chi connectivity index (χ3n) is 7.33. The first-order valence-corrected chi connectivity index (χ1v) is 15.1. The number of nitrogens with one attached hydrogen (secondary N) is 2. The number of rotatable bonds is 13. The number of methoxy groups -OCH3 is 1. The van der Waals surface area contributed by atoms with Crippen LogP contribution in [0.3, 0.4) is 0 Å². The molecule has 5 N–H and O–H groups in total. The summed E-state index contributed by atoms with van der Waals surface area (Å²) in [6, 6.07) is 12.7. The normalized spacial score (nSPS) is 18.4. The third kappa shape index (κ3) is 7.44. The van der Waals surface area contributed by atoms with Gasteiger partial charge in [0, 0.05) is 49.1 Å². The second-order valence-corrected chi connectivity index (χ2v) is 11.4. The fourth-order valence-electron chi connectivity index (χ4n) is 5.24. The van der Waals surface area contributed by atoms with Crippen molar-refractivity contribution in [1.29, 1.82) is 0 Å². The summed E-state index contributed by atoms with van der Waals surface area (Å²) >= 11 is 2.07. The number of benzene rings is 2. The van der Waals surface area contributed by atoms with E-state index in [-0.39, 0.29) is 32.1 Å². The number of carbonyl (C=O) groups is 2. The van der Waals surface area contributed by atoms with Gasteiger partial charge in [0.15, 0.2) is 11.5 Å². The summed E-state index contributed by atoms with van der Waals surface area (Å²) in [4.78, 5) is 31.6. The van der Waals surface area contributed by atoms with Crippen LogP contribution in [0.15, 0.2) is 54.1 Å². The predicted octanol–water partition coefficient (Wildman–Crippen LogP) is 3.06. The van der Waals surface area contributed by atoms with Gasteiger partial charge in [-0.3, -0.25) is 9.59 Å². The van der Waals surface area contributed by atoms with E-state index in [0.717, 1.165) is 16.6 Å². The van der Waals surface area contributed by atoms with Gasteiger partial charge in [0.25, 0.3) is 0 Å². The zero-order valence-corrected chi connectivity index (χ0v) is 26.0. The van der Waals surface area contributed by atoms with Gasteiger partial charge < -0.3 is 40.0 Å². The van der Waals surface area contributed by atoms with Gasteiger partial charge in [-0.05, 0) is 70.3 Å². The van der Waals surface area contributed by atoms with Crippen molar-refractivity contribution in [3.05, 3.63) is 68.9 Å². The van der Waals surface area contributed by atoms with E-state index in [0.29, 0.717) is 52.0 Å². The summed E-state index contributed by atoms with van der Waals surface area (Å²) in [5, 5.41) is 34.3. The van der Waals surface area contributed by atoms with Crippen LogP contribution in [0, 0.1) is 3.57 Å². The predicted molar refractivity (Wildman–Crippen MR) is 167 cm³/mol. The Morgan fingerprint density at radius 2 is 1.98 bits per heavy atom. The summed E-state index contributed by atoms with van der Waals surface area (Å²) in [7, 11) is 1.48. The molecular formula is C31H38IN3O7. The SMILES string of the molecule is CCCC(=O)N(CCc1cc2ccccc2[nH]1)[C@@H]1CC(C(=O)NCCO)=C[C@H](Oc2c(I)cc(CO)cc2OC)[C@H]1O. The molecule has 11 heteroatoms. The Hall–Kier alpha value is -3.13. The lowest BCUT2D eigenvalue weighted by molar-refractivity contribution is -0.138. The van der Waals surface area contributed by atoms with Crippen molar-refractivity contribution in [2.24, 2.45) is 0 Å². The number of aliphatic hydroxyl groups is 3. The van der Waals surface area contributed by atoms with E-state index >= 15 is 0 Å². The van der Waals surface area contributed by atoms with Crippen LogP contribution in [-0.4, -0.2) is 82.1 Å². The van der Waals surface area contributed by atoms with E-state index in [1.165, 1.54) is 7.11 Å². The monoisotopic (exact) mass is 691 g/mol. The standard InChI is InChI=1S/C31H38IN3O7/c1-3-6-28(38)35(11-9-22-15-20-7-4-5-8-24(20)34-22)25-16-21(31(40)33-10-12-36)17-26(29(25)39)42-30-23(32)13-19(18-37)14-27(30)41-2/h4-5,7-8,13-15,17,25-26,29,34,36-37,39H,3,6,9-12,16,18H2,1-2H3,(H,33,40)/t25-,26+,29+/m1/s1. The van der Waals surface area contributed by atoms with Crippen molar-refractivity contribution < 1.29 is 34.4 Å². The number of para-hydroxylation sites is 1. The molecule has 0 fully saturated rings. The molecule has 3 aromatic rings. The van der Waals surface area contributed by atoms with Crippen molar-refractivity contribution in [2.45, 2.75) is 57.5 Å². The Labute approximate surface area is 258 Å². The van der Waals surface area contributed by atoms with Gasteiger partial charge in [0.2, 0.25) is 11.8 Å². The number of H-pyrrole nitrogens is 1. The van der Waals surface area contributed by atoms with Gasteiger partial charge in [-0.2, -0.15) is 0 Å². The molecule has 226 valence electrons. The topological polar surface area (TPSA) is 144 Å². The lowest BCUT2D eigenvalue weighted by Gasteiger charge is -2.40. The summed E-state index contributed by atoms with van der Waals surface area (Å²) in [5.41, 5.74) is 2.96. The van der Waals surface area contributed by atoms with Gasteiger partial charge in [-0.25, -0.2) is 0 Å². The minimum atomic E-state index is -1.15. The molecule has 1 aromatic heterocycles. The number of aromatic nitrogens is 1. The molecule has 1 aliphatic rings. The highest BCUT2D eigenvalue weighted by molar-refractivity contribution is 14.1. The van der Waals surface area contributed by atoms with Crippen LogP contribution in [0.2, 0.25) is 0 Å². The number of ether oxygens (including phenoxy) is 2. The van der Waals surface area contributed by atoms with Gasteiger partial charge in [0.1, 0.15) is 12.2 Å². The number of hydrogen-bond acceptors (Lipinski definition) is 7. The zero-order chi connectivity index (χ0) is 30.2. The largest absolute Gasteiger partial charge is 0.493 e. The molecule has 10 nitrogen and oxygen atoms in total. The average molecular weight is 692 g/mol. The second-order valence-electron chi connectivity index (χ2n) is 10.3.